The van der Waals surface area contributed by atoms with Gasteiger partial charge in [-0.15, -0.1) is 0 Å². The molecule has 1 saturated carbocycles. The molecule has 0 aromatic heterocycles. The summed E-state index contributed by atoms with van der Waals surface area (Å²) in [5.41, 5.74) is 2.38. The van der Waals surface area contributed by atoms with Gasteiger partial charge >= 0.3 is 0 Å². The van der Waals surface area contributed by atoms with Gasteiger partial charge in [-0.25, -0.2) is 0 Å². The molecule has 2 amide bonds. The zero-order valence-corrected chi connectivity index (χ0v) is 16.1. The number of nitrogens with zero attached hydrogens (tertiary/aromatic N) is 2. The van der Waals surface area contributed by atoms with Crippen molar-refractivity contribution in [2.24, 2.45) is 5.92 Å². The molecular weight excluding hydrogens is 354 g/mol. The fraction of sp³-hybridized carbons (Fsp3) is 0.364. The molecule has 2 aliphatic rings. The summed E-state index contributed by atoms with van der Waals surface area (Å²) in [5.74, 6) is 1.16. The monoisotopic (exact) mass is 379 g/mol. The SMILES string of the molecule is COc1cccc(NC(=O)c2ccc(N3CCN(C(=O)C4CC4)CC3)cc2)c1. The number of hydrogen-bond acceptors (Lipinski definition) is 4. The van der Waals surface area contributed by atoms with Gasteiger partial charge in [0, 0.05) is 55.1 Å². The summed E-state index contributed by atoms with van der Waals surface area (Å²) in [4.78, 5) is 28.9. The molecular formula is C22H25N3O3. The van der Waals surface area contributed by atoms with Crippen LogP contribution in [-0.4, -0.2) is 50.0 Å². The zero-order chi connectivity index (χ0) is 19.5. The quantitative estimate of drug-likeness (QED) is 0.868. The lowest BCUT2D eigenvalue weighted by molar-refractivity contribution is -0.132. The summed E-state index contributed by atoms with van der Waals surface area (Å²) in [5, 5.41) is 2.89. The third kappa shape index (κ3) is 4.11. The molecule has 6 heteroatoms. The summed E-state index contributed by atoms with van der Waals surface area (Å²) in [6.07, 6.45) is 2.11. The minimum atomic E-state index is -0.153. The van der Waals surface area contributed by atoms with Crippen molar-refractivity contribution in [1.29, 1.82) is 0 Å². The summed E-state index contributed by atoms with van der Waals surface area (Å²) >= 11 is 0. The number of carbonyl (C=O) groups is 2. The van der Waals surface area contributed by atoms with Crippen LogP contribution in [0.25, 0.3) is 0 Å². The maximum atomic E-state index is 12.5. The minimum Gasteiger partial charge on any atom is -0.497 e. The number of methoxy groups -OCH3 is 1. The van der Waals surface area contributed by atoms with Crippen LogP contribution in [0, 0.1) is 5.92 Å². The lowest BCUT2D eigenvalue weighted by Gasteiger charge is -2.36. The number of carbonyl (C=O) groups excluding carboxylic acids is 2. The number of anilines is 2. The van der Waals surface area contributed by atoms with Crippen LogP contribution in [-0.2, 0) is 4.79 Å². The van der Waals surface area contributed by atoms with Gasteiger partial charge in [-0.3, -0.25) is 9.59 Å². The first-order valence-electron chi connectivity index (χ1n) is 9.73. The maximum absolute atomic E-state index is 12.5. The van der Waals surface area contributed by atoms with Crippen LogP contribution in [0.3, 0.4) is 0 Å². The molecule has 4 rings (SSSR count). The number of ether oxygens (including phenoxy) is 1. The highest BCUT2D eigenvalue weighted by Crippen LogP contribution is 2.31. The van der Waals surface area contributed by atoms with Crippen molar-refractivity contribution in [3.8, 4) is 5.75 Å². The Morgan fingerprint density at radius 2 is 1.71 bits per heavy atom. The summed E-state index contributed by atoms with van der Waals surface area (Å²) in [6.45, 7) is 3.20. The number of rotatable bonds is 5. The minimum absolute atomic E-state index is 0.153. The Morgan fingerprint density at radius 3 is 2.36 bits per heavy atom. The van der Waals surface area contributed by atoms with Gasteiger partial charge in [0.2, 0.25) is 5.91 Å². The molecule has 0 atom stereocenters. The molecule has 1 saturated heterocycles. The van der Waals surface area contributed by atoms with Gasteiger partial charge in [0.25, 0.3) is 5.91 Å². The number of nitrogens with one attached hydrogen (secondary N) is 1. The van der Waals surface area contributed by atoms with E-state index in [1.807, 2.05) is 47.4 Å². The normalized spacial score (nSPS) is 16.6. The highest BCUT2D eigenvalue weighted by atomic mass is 16.5. The highest BCUT2D eigenvalue weighted by molar-refractivity contribution is 6.04. The van der Waals surface area contributed by atoms with Crippen LogP contribution < -0.4 is 15.0 Å². The van der Waals surface area contributed by atoms with Crippen molar-refractivity contribution in [1.82, 2.24) is 4.90 Å². The van der Waals surface area contributed by atoms with E-state index in [0.717, 1.165) is 44.7 Å². The lowest BCUT2D eigenvalue weighted by atomic mass is 10.1. The van der Waals surface area contributed by atoms with Crippen molar-refractivity contribution in [3.05, 3.63) is 54.1 Å². The van der Waals surface area contributed by atoms with E-state index in [2.05, 4.69) is 10.2 Å². The van der Waals surface area contributed by atoms with Crippen molar-refractivity contribution < 1.29 is 14.3 Å². The second-order valence-corrected chi connectivity index (χ2v) is 7.32. The topological polar surface area (TPSA) is 61.9 Å². The van der Waals surface area contributed by atoms with E-state index >= 15 is 0 Å². The van der Waals surface area contributed by atoms with E-state index in [1.165, 1.54) is 0 Å². The highest BCUT2D eigenvalue weighted by Gasteiger charge is 2.34. The Hall–Kier alpha value is -3.02. The van der Waals surface area contributed by atoms with Gasteiger partial charge in [0.15, 0.2) is 0 Å². The Balaban J connectivity index is 1.34. The predicted molar refractivity (Wildman–Crippen MR) is 109 cm³/mol. The molecule has 2 aromatic carbocycles. The fourth-order valence-corrected chi connectivity index (χ4v) is 3.50. The Kier molecular flexibility index (Phi) is 5.19. The molecule has 0 radical (unpaired) electrons. The van der Waals surface area contributed by atoms with Crippen LogP contribution in [0.15, 0.2) is 48.5 Å². The van der Waals surface area contributed by atoms with Crippen LogP contribution in [0.2, 0.25) is 0 Å². The van der Waals surface area contributed by atoms with E-state index in [0.29, 0.717) is 22.9 Å². The van der Waals surface area contributed by atoms with E-state index in [-0.39, 0.29) is 11.8 Å². The Bertz CT molecular complexity index is 854. The molecule has 6 nitrogen and oxygen atoms in total. The number of amides is 2. The van der Waals surface area contributed by atoms with Gasteiger partial charge in [-0.05, 0) is 49.2 Å². The maximum Gasteiger partial charge on any atom is 0.255 e. The van der Waals surface area contributed by atoms with Crippen LogP contribution in [0.5, 0.6) is 5.75 Å². The third-order valence-corrected chi connectivity index (χ3v) is 5.34. The van der Waals surface area contributed by atoms with Gasteiger partial charge < -0.3 is 19.9 Å². The van der Waals surface area contributed by atoms with Crippen LogP contribution in [0.1, 0.15) is 23.2 Å². The zero-order valence-electron chi connectivity index (χ0n) is 16.1. The van der Waals surface area contributed by atoms with Gasteiger partial charge in [0.05, 0.1) is 7.11 Å². The molecule has 0 spiro atoms. The Labute approximate surface area is 165 Å². The smallest absolute Gasteiger partial charge is 0.255 e. The summed E-state index contributed by atoms with van der Waals surface area (Å²) in [7, 11) is 1.60. The molecule has 1 heterocycles. The van der Waals surface area contributed by atoms with Gasteiger partial charge in [0.1, 0.15) is 5.75 Å². The second kappa shape index (κ2) is 7.92. The molecule has 0 bridgehead atoms. The van der Waals surface area contributed by atoms with E-state index < -0.39 is 0 Å². The Morgan fingerprint density at radius 1 is 1.00 bits per heavy atom. The average Bonchev–Trinajstić information content (AvgIpc) is 3.59. The van der Waals surface area contributed by atoms with Crippen molar-refractivity contribution in [2.45, 2.75) is 12.8 Å². The lowest BCUT2D eigenvalue weighted by Crippen LogP contribution is -2.49. The van der Waals surface area contributed by atoms with Crippen LogP contribution in [0.4, 0.5) is 11.4 Å². The van der Waals surface area contributed by atoms with Crippen molar-refractivity contribution in [3.63, 3.8) is 0 Å². The van der Waals surface area contributed by atoms with Crippen molar-refractivity contribution >= 4 is 23.2 Å². The number of benzene rings is 2. The summed E-state index contributed by atoms with van der Waals surface area (Å²) < 4.78 is 5.18. The molecule has 28 heavy (non-hydrogen) atoms. The molecule has 2 aromatic rings. The largest absolute Gasteiger partial charge is 0.497 e. The fourth-order valence-electron chi connectivity index (χ4n) is 3.50. The van der Waals surface area contributed by atoms with E-state index in [4.69, 9.17) is 4.74 Å². The molecule has 1 aliphatic heterocycles. The van der Waals surface area contributed by atoms with Gasteiger partial charge in [-0.1, -0.05) is 6.07 Å². The first-order valence-corrected chi connectivity index (χ1v) is 9.73. The second-order valence-electron chi connectivity index (χ2n) is 7.32. The average molecular weight is 379 g/mol. The van der Waals surface area contributed by atoms with Gasteiger partial charge in [-0.2, -0.15) is 0 Å². The summed E-state index contributed by atoms with van der Waals surface area (Å²) in [6, 6.07) is 14.9. The molecule has 2 fully saturated rings. The van der Waals surface area contributed by atoms with E-state index in [9.17, 15) is 9.59 Å². The number of hydrogen-bond donors (Lipinski definition) is 1. The predicted octanol–water partition coefficient (Wildman–Crippen LogP) is 3.01. The third-order valence-electron chi connectivity index (χ3n) is 5.34. The van der Waals surface area contributed by atoms with Crippen molar-refractivity contribution in [2.75, 3.05) is 43.5 Å². The molecule has 1 N–H and O–H groups in total. The number of piperazine rings is 1. The molecule has 0 unspecified atom stereocenters. The van der Waals surface area contributed by atoms with Crippen LogP contribution >= 0.6 is 0 Å². The first-order chi connectivity index (χ1) is 13.6. The first kappa shape index (κ1) is 18.3. The van der Waals surface area contributed by atoms with E-state index in [1.54, 1.807) is 13.2 Å². The molecule has 146 valence electrons. The standard InChI is InChI=1S/C22H25N3O3/c1-28-20-4-2-3-18(15-20)23-21(26)16-7-9-19(10-8-16)24-11-13-25(14-12-24)22(27)17-5-6-17/h2-4,7-10,15,17H,5-6,11-14H2,1H3,(H,23,26). The molecule has 1 aliphatic carbocycles.